The van der Waals surface area contributed by atoms with Crippen LogP contribution in [-0.4, -0.2) is 214 Å². The molecule has 0 bridgehead atoms. The molecule has 14 N–H and O–H groups in total. The number of benzene rings is 4. The standard InChI is InChI=1S/C62H80N6O19/c1-5-6-7-24-86-43-22-18-38(19-23-43)36-10-8-35(9-11-36)37-12-14-40(15-13-37)56(80)63-46-27-49(76)60(87-44(30-69)31-70)66-59(83)52-53(77)32(2)28-68(52)62(85)51(34(4)72)64-57(81)45(55(79)54(78)39-16-20-41(73)21-17-39)26-48(75)47-25-42(74)29-67(47)61(84)50(33(3)71)65-58(46)82/h8-23,32-34,42,44-47,49-55,60,69-74,76-79H,5-7,24-31H2,1-4H3,(H,63,80)(H,64,81)(H,65,82)(H,66,83)/t32-,33+,34+,42+,45?,46-,47?,49+,50?,51?,52?,53-,54-,55-,60?/m0/s1. The quantitative estimate of drug-likeness (QED) is 0.0561. The topological polar surface area (TPSA) is 395 Å². The van der Waals surface area contributed by atoms with E-state index in [1.54, 1.807) is 12.1 Å². The number of ketones is 1. The number of phenolic OH excluding ortho intramolecular Hbond substituents is 1. The Morgan fingerprint density at radius 2 is 1.22 bits per heavy atom. The van der Waals surface area contributed by atoms with Crippen LogP contribution in [0.1, 0.15) is 88.2 Å². The Hall–Kier alpha value is -7.43. The maximum Gasteiger partial charge on any atom is 0.251 e. The van der Waals surface area contributed by atoms with Gasteiger partial charge in [0.15, 0.2) is 12.0 Å². The molecule has 25 nitrogen and oxygen atoms in total. The Morgan fingerprint density at radius 1 is 0.678 bits per heavy atom. The normalized spacial score (nSPS) is 26.8. The van der Waals surface area contributed by atoms with Gasteiger partial charge in [0, 0.05) is 43.8 Å². The van der Waals surface area contributed by atoms with Gasteiger partial charge in [-0.2, -0.15) is 0 Å². The highest BCUT2D eigenvalue weighted by molar-refractivity contribution is 6.00. The third-order valence-corrected chi connectivity index (χ3v) is 16.1. The van der Waals surface area contributed by atoms with Gasteiger partial charge in [-0.05, 0) is 84.5 Å². The van der Waals surface area contributed by atoms with Gasteiger partial charge in [-0.15, -0.1) is 0 Å². The predicted octanol–water partition coefficient (Wildman–Crippen LogP) is -0.459. The summed E-state index contributed by atoms with van der Waals surface area (Å²) in [5.41, 5.74) is 3.33. The van der Waals surface area contributed by atoms with Crippen molar-refractivity contribution in [3.05, 3.63) is 108 Å². The average Bonchev–Trinajstić information content (AvgIpc) is 1.95. The molecule has 6 unspecified atom stereocenters. The monoisotopic (exact) mass is 1210 g/mol. The lowest BCUT2D eigenvalue weighted by Gasteiger charge is -2.34. The first kappa shape index (κ1) is 67.1. The molecule has 3 aliphatic rings. The Bertz CT molecular complexity index is 2980. The van der Waals surface area contributed by atoms with Gasteiger partial charge in [-0.25, -0.2) is 0 Å². The van der Waals surface area contributed by atoms with E-state index in [1.165, 1.54) is 43.3 Å². The van der Waals surface area contributed by atoms with Crippen LogP contribution in [0.25, 0.3) is 22.3 Å². The number of hydrogen-bond acceptors (Lipinski definition) is 19. The number of fused-ring (bicyclic) bond motifs is 2. The molecule has 0 radical (unpaired) electrons. The van der Waals surface area contributed by atoms with E-state index in [4.69, 9.17) is 9.47 Å². The average molecular weight is 1210 g/mol. The number of ether oxygens (including phenoxy) is 2. The Labute approximate surface area is 502 Å². The number of aromatic hydroxyl groups is 1. The molecule has 0 saturated carbocycles. The summed E-state index contributed by atoms with van der Waals surface area (Å²) in [5, 5.41) is 120. The molecule has 4 aromatic rings. The minimum atomic E-state index is -2.21. The van der Waals surface area contributed by atoms with Crippen LogP contribution < -0.4 is 26.0 Å². The van der Waals surface area contributed by atoms with Crippen molar-refractivity contribution in [1.29, 1.82) is 0 Å². The number of Topliss-reactive ketones (excluding diaryl/α,β-unsaturated/α-hetero) is 1. The first-order chi connectivity index (χ1) is 41.4. The number of aliphatic hydroxyl groups is 9. The number of phenols is 1. The summed E-state index contributed by atoms with van der Waals surface area (Å²) >= 11 is 0. The Kier molecular flexibility index (Phi) is 23.5. The van der Waals surface area contributed by atoms with Crippen molar-refractivity contribution in [2.75, 3.05) is 32.9 Å². The largest absolute Gasteiger partial charge is 0.508 e. The first-order valence-electron chi connectivity index (χ1n) is 29.2. The number of aliphatic hydroxyl groups excluding tert-OH is 9. The third kappa shape index (κ3) is 16.6. The fourth-order valence-electron chi connectivity index (χ4n) is 11.0. The van der Waals surface area contributed by atoms with Crippen molar-refractivity contribution in [2.24, 2.45) is 11.8 Å². The zero-order valence-corrected chi connectivity index (χ0v) is 48.8. The van der Waals surface area contributed by atoms with E-state index in [0.29, 0.717) is 12.2 Å². The van der Waals surface area contributed by atoms with E-state index in [9.17, 15) is 84.6 Å². The minimum absolute atomic E-state index is 0.00844. The van der Waals surface area contributed by atoms with Crippen LogP contribution in [0.5, 0.6) is 11.5 Å². The van der Waals surface area contributed by atoms with Crippen molar-refractivity contribution >= 4 is 41.2 Å². The molecule has 3 saturated heterocycles. The molecule has 472 valence electrons. The molecule has 3 aliphatic heterocycles. The highest BCUT2D eigenvalue weighted by atomic mass is 16.5. The van der Waals surface area contributed by atoms with E-state index in [0.717, 1.165) is 65.3 Å². The van der Waals surface area contributed by atoms with Crippen LogP contribution in [0.4, 0.5) is 0 Å². The molecule has 0 aromatic heterocycles. The lowest BCUT2D eigenvalue weighted by molar-refractivity contribution is -0.155. The van der Waals surface area contributed by atoms with Gasteiger partial charge in [-0.3, -0.25) is 33.6 Å². The van der Waals surface area contributed by atoms with Crippen molar-refractivity contribution in [3.8, 4) is 33.8 Å². The summed E-state index contributed by atoms with van der Waals surface area (Å²) in [4.78, 5) is 104. The summed E-state index contributed by atoms with van der Waals surface area (Å²) in [6.07, 6.45) is -15.8. The second kappa shape index (κ2) is 30.5. The SMILES string of the molecule is CCCCCOc1ccc(-c2ccc(-c3ccc(C(=O)N[C@H]4C[C@@H](O)C(OC(CO)CO)NC(=O)C5[C@@H](O)[C@@H](C)CN5C(=O)C([C@@H](C)O)NC(=O)C([C@H](O)[C@@H](O)c5ccc(O)cc5)CC(=O)C5C[C@@H](O)CN5C(=O)C([C@@H](C)O)NC4=O)cc3)cc2)cc1. The molecule has 3 heterocycles. The maximum atomic E-state index is 14.7. The summed E-state index contributed by atoms with van der Waals surface area (Å²) in [6, 6.07) is 17.0. The van der Waals surface area contributed by atoms with Gasteiger partial charge in [0.1, 0.15) is 54.0 Å². The molecule has 87 heavy (non-hydrogen) atoms. The van der Waals surface area contributed by atoms with Crippen LogP contribution >= 0.6 is 0 Å². The highest BCUT2D eigenvalue weighted by Crippen LogP contribution is 2.32. The number of carbonyl (C=O) groups excluding carboxylic acids is 7. The lowest BCUT2D eigenvalue weighted by Crippen LogP contribution is -2.62. The van der Waals surface area contributed by atoms with Gasteiger partial charge in [0.05, 0.1) is 62.3 Å². The predicted molar refractivity (Wildman–Crippen MR) is 311 cm³/mol. The third-order valence-electron chi connectivity index (χ3n) is 16.1. The number of nitrogens with zero attached hydrogens (tertiary/aromatic N) is 2. The summed E-state index contributed by atoms with van der Waals surface area (Å²) in [7, 11) is 0. The molecule has 15 atom stereocenters. The fraction of sp³-hybridized carbons (Fsp3) is 0.500. The van der Waals surface area contributed by atoms with Crippen LogP contribution in [0.3, 0.4) is 0 Å². The molecule has 0 spiro atoms. The zero-order chi connectivity index (χ0) is 63.4. The van der Waals surface area contributed by atoms with Gasteiger partial charge in [0.2, 0.25) is 29.5 Å². The lowest BCUT2D eigenvalue weighted by atomic mass is 9.86. The number of nitrogens with one attached hydrogen (secondary N) is 4. The van der Waals surface area contributed by atoms with E-state index >= 15 is 0 Å². The molecule has 0 aliphatic carbocycles. The minimum Gasteiger partial charge on any atom is -0.508 e. The Morgan fingerprint density at radius 3 is 1.77 bits per heavy atom. The molecule has 25 heteroatoms. The van der Waals surface area contributed by atoms with Gasteiger partial charge >= 0.3 is 0 Å². The van der Waals surface area contributed by atoms with Crippen molar-refractivity contribution in [2.45, 2.75) is 151 Å². The number of rotatable bonds is 18. The van der Waals surface area contributed by atoms with E-state index < -0.39 is 184 Å². The number of unbranched alkanes of at least 4 members (excludes halogenated alkanes) is 2. The van der Waals surface area contributed by atoms with E-state index in [2.05, 4.69) is 28.2 Å². The van der Waals surface area contributed by atoms with Gasteiger partial charge < -0.3 is 91.6 Å². The molecule has 6 amide bonds. The second-order valence-corrected chi connectivity index (χ2v) is 22.7. The van der Waals surface area contributed by atoms with Crippen LogP contribution in [0.2, 0.25) is 0 Å². The molecule has 7 rings (SSSR count). The second-order valence-electron chi connectivity index (χ2n) is 22.7. The highest BCUT2D eigenvalue weighted by Gasteiger charge is 2.50. The van der Waals surface area contributed by atoms with Gasteiger partial charge in [0.25, 0.3) is 5.91 Å². The first-order valence-corrected chi connectivity index (χ1v) is 29.2. The Balaban J connectivity index is 1.23. The summed E-state index contributed by atoms with van der Waals surface area (Å²) in [6.45, 7) is 3.66. The molecule has 3 fully saturated rings. The summed E-state index contributed by atoms with van der Waals surface area (Å²) in [5.74, 6) is -10.4. The number of amides is 6. The van der Waals surface area contributed by atoms with Crippen LogP contribution in [0, 0.1) is 11.8 Å². The molecule has 4 aromatic carbocycles. The number of hydrogen-bond donors (Lipinski definition) is 14. The van der Waals surface area contributed by atoms with Crippen molar-refractivity contribution < 1.29 is 94.1 Å². The van der Waals surface area contributed by atoms with Gasteiger partial charge in [-0.1, -0.05) is 87.4 Å². The maximum absolute atomic E-state index is 14.7. The smallest absolute Gasteiger partial charge is 0.251 e. The van der Waals surface area contributed by atoms with Crippen LogP contribution in [0.15, 0.2) is 97.1 Å². The fourth-order valence-corrected chi connectivity index (χ4v) is 11.0. The summed E-state index contributed by atoms with van der Waals surface area (Å²) < 4.78 is 11.6. The zero-order valence-electron chi connectivity index (χ0n) is 48.8. The molecular weight excluding hydrogens is 1130 g/mol. The van der Waals surface area contributed by atoms with Crippen molar-refractivity contribution in [1.82, 2.24) is 31.1 Å². The number of carbonyl (C=O) groups is 7. The van der Waals surface area contributed by atoms with Crippen LogP contribution in [-0.2, 0) is 33.5 Å². The van der Waals surface area contributed by atoms with E-state index in [1.807, 2.05) is 48.5 Å². The van der Waals surface area contributed by atoms with Crippen molar-refractivity contribution in [3.63, 3.8) is 0 Å². The van der Waals surface area contributed by atoms with E-state index in [-0.39, 0.29) is 16.9 Å². The molecular formula is C62H80N6O19.